The van der Waals surface area contributed by atoms with Gasteiger partial charge in [0.1, 0.15) is 5.82 Å². The number of rotatable bonds is 2. The number of anilines is 2. The van der Waals surface area contributed by atoms with E-state index in [0.717, 1.165) is 4.70 Å². The predicted octanol–water partition coefficient (Wildman–Crippen LogP) is 6.14. The smallest absolute Gasteiger partial charge is 0.188 e. The molecule has 1 aromatic heterocycles. The van der Waals surface area contributed by atoms with Crippen LogP contribution in [0.2, 0.25) is 15.1 Å². The van der Waals surface area contributed by atoms with Crippen molar-refractivity contribution in [1.29, 1.82) is 0 Å². The lowest BCUT2D eigenvalue weighted by molar-refractivity contribution is 0.629. The molecular weight excluding hydrogens is 342 g/mol. The lowest BCUT2D eigenvalue weighted by Gasteiger charge is -2.06. The Kier molecular flexibility index (Phi) is 3.73. The van der Waals surface area contributed by atoms with E-state index in [-0.39, 0.29) is 5.82 Å². The zero-order valence-electron chi connectivity index (χ0n) is 9.75. The molecule has 0 radical (unpaired) electrons. The first kappa shape index (κ1) is 13.9. The van der Waals surface area contributed by atoms with Crippen LogP contribution >= 0.6 is 46.1 Å². The van der Waals surface area contributed by atoms with Gasteiger partial charge in [-0.2, -0.15) is 0 Å². The van der Waals surface area contributed by atoms with E-state index in [9.17, 15) is 4.39 Å². The van der Waals surface area contributed by atoms with Crippen LogP contribution in [0, 0.1) is 5.82 Å². The average Bonchev–Trinajstić information content (AvgIpc) is 2.77. The van der Waals surface area contributed by atoms with Crippen molar-refractivity contribution in [2.24, 2.45) is 0 Å². The monoisotopic (exact) mass is 346 g/mol. The fraction of sp³-hybridized carbons (Fsp3) is 0. The molecule has 0 bridgehead atoms. The molecule has 0 fully saturated rings. The summed E-state index contributed by atoms with van der Waals surface area (Å²) in [4.78, 5) is 4.29. The van der Waals surface area contributed by atoms with Crippen LogP contribution in [0.4, 0.5) is 15.2 Å². The van der Waals surface area contributed by atoms with Crippen molar-refractivity contribution in [1.82, 2.24) is 4.98 Å². The van der Waals surface area contributed by atoms with Crippen LogP contribution in [0.1, 0.15) is 0 Å². The van der Waals surface area contributed by atoms with Gasteiger partial charge in [-0.25, -0.2) is 9.37 Å². The van der Waals surface area contributed by atoms with Crippen molar-refractivity contribution in [3.63, 3.8) is 0 Å². The van der Waals surface area contributed by atoms with Gasteiger partial charge in [0.25, 0.3) is 0 Å². The van der Waals surface area contributed by atoms with Crippen molar-refractivity contribution in [2.75, 3.05) is 5.32 Å². The van der Waals surface area contributed by atoms with E-state index < -0.39 is 0 Å². The minimum atomic E-state index is -0.318. The molecule has 2 nitrogen and oxygen atoms in total. The Hall–Kier alpha value is -1.07. The fourth-order valence-electron chi connectivity index (χ4n) is 1.69. The number of fused-ring (bicyclic) bond motifs is 1. The van der Waals surface area contributed by atoms with E-state index in [4.69, 9.17) is 34.8 Å². The molecule has 0 saturated heterocycles. The van der Waals surface area contributed by atoms with Crippen LogP contribution < -0.4 is 5.32 Å². The molecule has 0 saturated carbocycles. The van der Waals surface area contributed by atoms with E-state index in [1.54, 1.807) is 18.2 Å². The number of nitrogens with one attached hydrogen (secondary N) is 1. The number of thiazole rings is 1. The lowest BCUT2D eigenvalue weighted by Crippen LogP contribution is -1.90. The summed E-state index contributed by atoms with van der Waals surface area (Å²) >= 11 is 19.3. The van der Waals surface area contributed by atoms with Gasteiger partial charge in [-0.05, 0) is 24.3 Å². The van der Waals surface area contributed by atoms with Crippen LogP contribution in [-0.4, -0.2) is 4.98 Å². The number of halogens is 4. The fourth-order valence-corrected chi connectivity index (χ4v) is 3.14. The van der Waals surface area contributed by atoms with Crippen molar-refractivity contribution in [2.45, 2.75) is 0 Å². The van der Waals surface area contributed by atoms with Gasteiger partial charge in [-0.1, -0.05) is 46.1 Å². The van der Waals surface area contributed by atoms with Crippen LogP contribution in [0.25, 0.3) is 10.2 Å². The molecule has 1 N–H and O–H groups in total. The molecule has 3 aromatic rings. The number of aromatic nitrogens is 1. The maximum absolute atomic E-state index is 13.1. The topological polar surface area (TPSA) is 24.9 Å². The lowest BCUT2D eigenvalue weighted by atomic mass is 10.3. The molecule has 0 aliphatic heterocycles. The first-order valence-electron chi connectivity index (χ1n) is 5.50. The Balaban J connectivity index is 1.99. The first-order chi connectivity index (χ1) is 9.52. The maximum atomic E-state index is 13.1. The molecule has 0 spiro atoms. The Bertz CT molecular complexity index is 804. The second-order valence-corrected chi connectivity index (χ2v) is 6.25. The molecule has 2 aromatic carbocycles. The van der Waals surface area contributed by atoms with Gasteiger partial charge < -0.3 is 5.32 Å². The highest BCUT2D eigenvalue weighted by Gasteiger charge is 2.09. The molecule has 0 atom stereocenters. The third-order valence-electron chi connectivity index (χ3n) is 2.60. The summed E-state index contributed by atoms with van der Waals surface area (Å²) < 4.78 is 14.0. The standard InChI is InChI=1S/C13H6Cl3FN2S/c14-7-4-9(16)10(5-8(7)15)18-13-19-11-3-6(17)1-2-12(11)20-13/h1-5H,(H,18,19). The molecule has 1 heterocycles. The van der Waals surface area contributed by atoms with Gasteiger partial charge in [0, 0.05) is 6.07 Å². The third-order valence-corrected chi connectivity index (χ3v) is 4.59. The SMILES string of the molecule is Fc1ccc2sc(Nc3cc(Cl)c(Cl)cc3Cl)nc2c1. The van der Waals surface area contributed by atoms with Gasteiger partial charge in [0.15, 0.2) is 5.13 Å². The van der Waals surface area contributed by atoms with E-state index in [1.165, 1.54) is 23.5 Å². The van der Waals surface area contributed by atoms with E-state index >= 15 is 0 Å². The Labute approximate surface area is 133 Å². The van der Waals surface area contributed by atoms with Gasteiger partial charge in [0.05, 0.1) is 31.0 Å². The highest BCUT2D eigenvalue weighted by molar-refractivity contribution is 7.22. The number of benzene rings is 2. The second-order valence-electron chi connectivity index (χ2n) is 4.00. The summed E-state index contributed by atoms with van der Waals surface area (Å²) in [6.07, 6.45) is 0. The van der Waals surface area contributed by atoms with Crippen LogP contribution in [0.15, 0.2) is 30.3 Å². The normalized spacial score (nSPS) is 11.0. The molecule has 7 heteroatoms. The summed E-state index contributed by atoms with van der Waals surface area (Å²) in [6, 6.07) is 7.65. The summed E-state index contributed by atoms with van der Waals surface area (Å²) in [5.74, 6) is -0.318. The van der Waals surface area contributed by atoms with Crippen LogP contribution in [0.5, 0.6) is 0 Å². The Morgan fingerprint density at radius 1 is 1.00 bits per heavy atom. The zero-order valence-corrected chi connectivity index (χ0v) is 12.8. The van der Waals surface area contributed by atoms with Gasteiger partial charge in [0.2, 0.25) is 0 Å². The molecule has 0 amide bonds. The second kappa shape index (κ2) is 5.37. The number of hydrogen-bond donors (Lipinski definition) is 1. The van der Waals surface area contributed by atoms with Gasteiger partial charge in [-0.15, -0.1) is 0 Å². The summed E-state index contributed by atoms with van der Waals surface area (Å²) in [5.41, 5.74) is 1.19. The molecule has 0 aliphatic rings. The average molecular weight is 348 g/mol. The van der Waals surface area contributed by atoms with Gasteiger partial charge >= 0.3 is 0 Å². The molecule has 0 aliphatic carbocycles. The van der Waals surface area contributed by atoms with Crippen LogP contribution in [-0.2, 0) is 0 Å². The summed E-state index contributed by atoms with van der Waals surface area (Å²) in [5, 5.41) is 4.87. The van der Waals surface area contributed by atoms with Crippen molar-refractivity contribution < 1.29 is 4.39 Å². The largest absolute Gasteiger partial charge is 0.330 e. The molecule has 102 valence electrons. The first-order valence-corrected chi connectivity index (χ1v) is 7.45. The minimum absolute atomic E-state index is 0.318. The van der Waals surface area contributed by atoms with Crippen molar-refractivity contribution >= 4 is 67.2 Å². The number of nitrogens with zero attached hydrogens (tertiary/aromatic N) is 1. The maximum Gasteiger partial charge on any atom is 0.188 e. The van der Waals surface area contributed by atoms with E-state index in [0.29, 0.717) is 31.4 Å². The molecule has 20 heavy (non-hydrogen) atoms. The van der Waals surface area contributed by atoms with Crippen LogP contribution in [0.3, 0.4) is 0 Å². The molecular formula is C13H6Cl3FN2S. The Morgan fingerprint density at radius 3 is 2.55 bits per heavy atom. The highest BCUT2D eigenvalue weighted by Crippen LogP contribution is 2.35. The highest BCUT2D eigenvalue weighted by atomic mass is 35.5. The third kappa shape index (κ3) is 2.69. The van der Waals surface area contributed by atoms with Crippen molar-refractivity contribution in [3.05, 3.63) is 51.2 Å². The number of hydrogen-bond acceptors (Lipinski definition) is 3. The van der Waals surface area contributed by atoms with Gasteiger partial charge in [-0.3, -0.25) is 0 Å². The molecule has 3 rings (SSSR count). The van der Waals surface area contributed by atoms with E-state index in [2.05, 4.69) is 10.3 Å². The zero-order chi connectivity index (χ0) is 14.3. The quantitative estimate of drug-likeness (QED) is 0.563. The summed E-state index contributed by atoms with van der Waals surface area (Å²) in [7, 11) is 0. The van der Waals surface area contributed by atoms with E-state index in [1.807, 2.05) is 0 Å². The minimum Gasteiger partial charge on any atom is -0.330 e. The molecule has 0 unspecified atom stereocenters. The Morgan fingerprint density at radius 2 is 1.75 bits per heavy atom. The van der Waals surface area contributed by atoms with Crippen molar-refractivity contribution in [3.8, 4) is 0 Å². The predicted molar refractivity (Wildman–Crippen MR) is 84.3 cm³/mol. The summed E-state index contributed by atoms with van der Waals surface area (Å²) in [6.45, 7) is 0.